The molecule has 5 nitrogen and oxygen atoms in total. The molecule has 0 bridgehead atoms. The monoisotopic (exact) mass is 369 g/mol. The number of benzene rings is 2. The number of rotatable bonds is 3. The minimum absolute atomic E-state index is 0.257. The lowest BCUT2D eigenvalue weighted by Crippen LogP contribution is -2.44. The van der Waals surface area contributed by atoms with Crippen molar-refractivity contribution in [2.75, 3.05) is 33.7 Å². The van der Waals surface area contributed by atoms with Crippen LogP contribution in [0.2, 0.25) is 0 Å². The van der Waals surface area contributed by atoms with E-state index in [1.807, 2.05) is 24.3 Å². The van der Waals surface area contributed by atoms with Crippen molar-refractivity contribution in [1.29, 1.82) is 0 Å². The smallest absolute Gasteiger partial charge is 0.268 e. The average molecular weight is 369 g/mol. The molecule has 3 aromatic rings. The van der Waals surface area contributed by atoms with E-state index >= 15 is 0 Å². The molecule has 1 saturated heterocycles. The van der Waals surface area contributed by atoms with Crippen LogP contribution < -0.4 is 0 Å². The molecule has 1 atom stereocenters. The number of piperazine rings is 1. The molecule has 1 aliphatic heterocycles. The van der Waals surface area contributed by atoms with Gasteiger partial charge in [0.2, 0.25) is 0 Å². The lowest BCUT2D eigenvalue weighted by atomic mass is 9.99. The van der Waals surface area contributed by atoms with Crippen molar-refractivity contribution >= 4 is 20.9 Å². The number of hydrogen-bond acceptors (Lipinski definition) is 4. The number of likely N-dealkylation sites (N-methyl/N-ethyl adjacent to an activating group) is 2. The summed E-state index contributed by atoms with van der Waals surface area (Å²) in [5, 5.41) is 0.999. The van der Waals surface area contributed by atoms with Gasteiger partial charge in [-0.15, -0.1) is 0 Å². The highest BCUT2D eigenvalue weighted by molar-refractivity contribution is 7.90. The molecule has 0 N–H and O–H groups in total. The van der Waals surface area contributed by atoms with Crippen molar-refractivity contribution in [2.24, 2.45) is 0 Å². The van der Waals surface area contributed by atoms with Gasteiger partial charge >= 0.3 is 0 Å². The van der Waals surface area contributed by atoms with E-state index in [0.29, 0.717) is 4.90 Å². The third kappa shape index (κ3) is 2.84. The fourth-order valence-electron chi connectivity index (χ4n) is 3.72. The standard InChI is InChI=1S/C20H23N3O2S/c1-21-13-14-22(2)20(15-21)17-9-6-10-19-18(17)11-12-23(19)26(24,25)16-7-4-3-5-8-16/h3-12,20H,13-15H2,1-2H3. The molecule has 0 spiro atoms. The molecule has 1 unspecified atom stereocenters. The molecule has 26 heavy (non-hydrogen) atoms. The van der Waals surface area contributed by atoms with Crippen LogP contribution in [0, 0.1) is 0 Å². The lowest BCUT2D eigenvalue weighted by Gasteiger charge is -2.38. The summed E-state index contributed by atoms with van der Waals surface area (Å²) in [6, 6.07) is 16.7. The maximum atomic E-state index is 13.1. The zero-order chi connectivity index (χ0) is 18.3. The summed E-state index contributed by atoms with van der Waals surface area (Å²) in [5.74, 6) is 0. The molecule has 4 rings (SSSR count). The lowest BCUT2D eigenvalue weighted by molar-refractivity contribution is 0.116. The summed E-state index contributed by atoms with van der Waals surface area (Å²) < 4.78 is 27.5. The SMILES string of the molecule is CN1CCN(C)C(c2cccc3c2ccn3S(=O)(=O)c2ccccc2)C1. The Morgan fingerprint density at radius 1 is 0.923 bits per heavy atom. The van der Waals surface area contributed by atoms with Gasteiger partial charge in [0, 0.05) is 37.3 Å². The Morgan fingerprint density at radius 3 is 2.46 bits per heavy atom. The average Bonchev–Trinajstić information content (AvgIpc) is 3.09. The van der Waals surface area contributed by atoms with E-state index in [1.54, 1.807) is 30.5 Å². The third-order valence-corrected chi connectivity index (χ3v) is 6.95. The van der Waals surface area contributed by atoms with E-state index < -0.39 is 10.0 Å². The Balaban J connectivity index is 1.84. The van der Waals surface area contributed by atoms with Gasteiger partial charge in [-0.25, -0.2) is 12.4 Å². The number of aromatic nitrogens is 1. The first-order valence-electron chi connectivity index (χ1n) is 8.78. The van der Waals surface area contributed by atoms with Crippen LogP contribution in [0.1, 0.15) is 11.6 Å². The number of nitrogens with zero attached hydrogens (tertiary/aromatic N) is 3. The predicted octanol–water partition coefficient (Wildman–Crippen LogP) is 2.80. The van der Waals surface area contributed by atoms with Crippen LogP contribution in [0.25, 0.3) is 10.9 Å². The van der Waals surface area contributed by atoms with E-state index in [9.17, 15) is 8.42 Å². The minimum Gasteiger partial charge on any atom is -0.303 e. The van der Waals surface area contributed by atoms with Gasteiger partial charge in [-0.3, -0.25) is 4.90 Å². The Hall–Kier alpha value is -2.15. The van der Waals surface area contributed by atoms with Gasteiger partial charge in [0.15, 0.2) is 0 Å². The molecule has 2 aromatic carbocycles. The highest BCUT2D eigenvalue weighted by Gasteiger charge is 2.26. The van der Waals surface area contributed by atoms with Crippen molar-refractivity contribution in [1.82, 2.24) is 13.8 Å². The molecule has 0 amide bonds. The molecule has 0 radical (unpaired) electrons. The Kier molecular flexibility index (Phi) is 4.34. The molecule has 136 valence electrons. The molecule has 0 aliphatic carbocycles. The first-order chi connectivity index (χ1) is 12.5. The Morgan fingerprint density at radius 2 is 1.69 bits per heavy atom. The van der Waals surface area contributed by atoms with Gasteiger partial charge in [0.1, 0.15) is 0 Å². The van der Waals surface area contributed by atoms with Gasteiger partial charge in [0.25, 0.3) is 10.0 Å². The predicted molar refractivity (Wildman–Crippen MR) is 104 cm³/mol. The summed E-state index contributed by atoms with van der Waals surface area (Å²) >= 11 is 0. The molecule has 0 saturated carbocycles. The van der Waals surface area contributed by atoms with Crippen LogP contribution in [0.5, 0.6) is 0 Å². The van der Waals surface area contributed by atoms with Gasteiger partial charge in [-0.1, -0.05) is 30.3 Å². The van der Waals surface area contributed by atoms with Crippen LogP contribution in [0.4, 0.5) is 0 Å². The second kappa shape index (κ2) is 6.54. The molecular formula is C20H23N3O2S. The van der Waals surface area contributed by atoms with Crippen LogP contribution >= 0.6 is 0 Å². The molecule has 2 heterocycles. The molecular weight excluding hydrogens is 346 g/mol. The van der Waals surface area contributed by atoms with E-state index in [2.05, 4.69) is 30.0 Å². The summed E-state index contributed by atoms with van der Waals surface area (Å²) in [5.41, 5.74) is 1.91. The second-order valence-electron chi connectivity index (χ2n) is 6.97. The minimum atomic E-state index is -3.60. The van der Waals surface area contributed by atoms with Crippen molar-refractivity contribution in [3.8, 4) is 0 Å². The van der Waals surface area contributed by atoms with Crippen molar-refractivity contribution in [3.63, 3.8) is 0 Å². The van der Waals surface area contributed by atoms with Gasteiger partial charge in [-0.2, -0.15) is 0 Å². The van der Waals surface area contributed by atoms with Crippen molar-refractivity contribution in [3.05, 3.63) is 66.4 Å². The van der Waals surface area contributed by atoms with Crippen LogP contribution in [0.3, 0.4) is 0 Å². The van der Waals surface area contributed by atoms with Gasteiger partial charge in [0.05, 0.1) is 10.4 Å². The van der Waals surface area contributed by atoms with Crippen LogP contribution in [0.15, 0.2) is 65.7 Å². The summed E-state index contributed by atoms with van der Waals surface area (Å²) in [4.78, 5) is 4.97. The zero-order valence-electron chi connectivity index (χ0n) is 15.0. The number of fused-ring (bicyclic) bond motifs is 1. The number of hydrogen-bond donors (Lipinski definition) is 0. The maximum Gasteiger partial charge on any atom is 0.268 e. The maximum absolute atomic E-state index is 13.1. The highest BCUT2D eigenvalue weighted by Crippen LogP contribution is 2.32. The van der Waals surface area contributed by atoms with Crippen LogP contribution in [-0.2, 0) is 10.0 Å². The zero-order valence-corrected chi connectivity index (χ0v) is 15.9. The fraction of sp³-hybridized carbons (Fsp3) is 0.300. The molecule has 1 aliphatic rings. The van der Waals surface area contributed by atoms with Gasteiger partial charge in [-0.05, 0) is 43.9 Å². The van der Waals surface area contributed by atoms with E-state index in [1.165, 1.54) is 9.54 Å². The van der Waals surface area contributed by atoms with Crippen molar-refractivity contribution < 1.29 is 8.42 Å². The second-order valence-corrected chi connectivity index (χ2v) is 8.78. The summed E-state index contributed by atoms with van der Waals surface area (Å²) in [6.07, 6.45) is 1.67. The first kappa shape index (κ1) is 17.3. The van der Waals surface area contributed by atoms with Crippen molar-refractivity contribution in [2.45, 2.75) is 10.9 Å². The Labute approximate surface area is 154 Å². The summed E-state index contributed by atoms with van der Waals surface area (Å²) in [7, 11) is 0.662. The normalized spacial score (nSPS) is 19.8. The van der Waals surface area contributed by atoms with E-state index in [-0.39, 0.29) is 6.04 Å². The van der Waals surface area contributed by atoms with E-state index in [0.717, 1.165) is 30.5 Å². The quantitative estimate of drug-likeness (QED) is 0.712. The first-order valence-corrected chi connectivity index (χ1v) is 10.2. The largest absolute Gasteiger partial charge is 0.303 e. The van der Waals surface area contributed by atoms with Gasteiger partial charge < -0.3 is 4.90 Å². The molecule has 1 aromatic heterocycles. The summed E-state index contributed by atoms with van der Waals surface area (Å²) in [6.45, 7) is 2.99. The fourth-order valence-corrected chi connectivity index (χ4v) is 5.09. The third-order valence-electron chi connectivity index (χ3n) is 5.24. The Bertz CT molecular complexity index is 1030. The molecule has 6 heteroatoms. The van der Waals surface area contributed by atoms with E-state index in [4.69, 9.17) is 0 Å². The highest BCUT2D eigenvalue weighted by atomic mass is 32.2. The molecule has 1 fully saturated rings. The van der Waals surface area contributed by atoms with Crippen LogP contribution in [-0.4, -0.2) is 55.9 Å². The topological polar surface area (TPSA) is 45.5 Å².